The Hall–Kier alpha value is -1.00. The highest BCUT2D eigenvalue weighted by molar-refractivity contribution is 5.26. The van der Waals surface area contributed by atoms with Crippen molar-refractivity contribution in [3.05, 3.63) is 22.8 Å². The largest absolute Gasteiger partial charge is 0.370 e. The maximum absolute atomic E-state index is 5.71. The van der Waals surface area contributed by atoms with Crippen molar-refractivity contribution in [3.8, 4) is 0 Å². The Kier molecular flexibility index (Phi) is 2.01. The first-order valence-corrected chi connectivity index (χ1v) is 4.38. The van der Waals surface area contributed by atoms with E-state index in [1.807, 2.05) is 13.8 Å². The third kappa shape index (κ3) is 1.43. The Balaban J connectivity index is 2.49. The topological polar surface area (TPSA) is 61.0 Å². The second-order valence-corrected chi connectivity index (χ2v) is 3.37. The minimum atomic E-state index is -0.107. The Bertz CT molecular complexity index is 336. The van der Waals surface area contributed by atoms with E-state index < -0.39 is 0 Å². The molecular formula is C9H13N3O. The van der Waals surface area contributed by atoms with Crippen LogP contribution in [0.15, 0.2) is 0 Å². The zero-order valence-corrected chi connectivity index (χ0v) is 7.87. The molecule has 1 aromatic heterocycles. The lowest BCUT2D eigenvalue weighted by atomic mass is 10.2. The zero-order valence-electron chi connectivity index (χ0n) is 7.87. The fraction of sp³-hybridized carbons (Fsp3) is 0.556. The number of hydrogen-bond donors (Lipinski definition) is 1. The van der Waals surface area contributed by atoms with Gasteiger partial charge in [0.05, 0.1) is 24.9 Å². The number of fused-ring (bicyclic) bond motifs is 1. The number of ether oxygens (including phenoxy) is 1. The van der Waals surface area contributed by atoms with Crippen molar-refractivity contribution >= 4 is 0 Å². The molecule has 2 N–H and O–H groups in total. The molecule has 70 valence electrons. The molecule has 2 rings (SSSR count). The molecule has 0 fully saturated rings. The van der Waals surface area contributed by atoms with Gasteiger partial charge in [-0.3, -0.25) is 0 Å². The van der Waals surface area contributed by atoms with Crippen molar-refractivity contribution in [2.75, 3.05) is 0 Å². The summed E-state index contributed by atoms with van der Waals surface area (Å²) in [6.45, 7) is 5.09. The lowest BCUT2D eigenvalue weighted by molar-refractivity contribution is 0.133. The zero-order chi connectivity index (χ0) is 9.42. The van der Waals surface area contributed by atoms with Gasteiger partial charge in [0.1, 0.15) is 5.82 Å². The third-order valence-electron chi connectivity index (χ3n) is 2.21. The van der Waals surface area contributed by atoms with Gasteiger partial charge in [0.25, 0.3) is 0 Å². The molecule has 1 atom stereocenters. The smallest absolute Gasteiger partial charge is 0.145 e. The van der Waals surface area contributed by atoms with Crippen molar-refractivity contribution in [2.45, 2.75) is 33.1 Å². The molecule has 0 saturated heterocycles. The summed E-state index contributed by atoms with van der Waals surface area (Å²) in [4.78, 5) is 8.68. The van der Waals surface area contributed by atoms with E-state index in [2.05, 4.69) is 9.97 Å². The predicted octanol–water partition coefficient (Wildman–Crippen LogP) is 0.835. The average Bonchev–Trinajstić information content (AvgIpc) is 2.51. The fourth-order valence-electron chi connectivity index (χ4n) is 1.44. The maximum atomic E-state index is 5.71. The van der Waals surface area contributed by atoms with Crippen LogP contribution in [-0.4, -0.2) is 9.97 Å². The second kappa shape index (κ2) is 3.05. The number of nitrogens with zero attached hydrogens (tertiary/aromatic N) is 2. The van der Waals surface area contributed by atoms with Gasteiger partial charge in [-0.2, -0.15) is 0 Å². The lowest BCUT2D eigenvalue weighted by Gasteiger charge is -2.07. The quantitative estimate of drug-likeness (QED) is 0.693. The van der Waals surface area contributed by atoms with Crippen LogP contribution in [0.25, 0.3) is 0 Å². The van der Waals surface area contributed by atoms with Crippen LogP contribution in [0.4, 0.5) is 0 Å². The number of hydrogen-bond acceptors (Lipinski definition) is 4. The van der Waals surface area contributed by atoms with Gasteiger partial charge in [-0.15, -0.1) is 0 Å². The monoisotopic (exact) mass is 179 g/mol. The molecule has 0 amide bonds. The highest BCUT2D eigenvalue weighted by Gasteiger charge is 2.18. The molecule has 4 nitrogen and oxygen atoms in total. The van der Waals surface area contributed by atoms with Crippen LogP contribution in [-0.2, 0) is 18.0 Å². The van der Waals surface area contributed by atoms with Gasteiger partial charge in [-0.25, -0.2) is 9.97 Å². The molecule has 0 radical (unpaired) electrons. The van der Waals surface area contributed by atoms with Gasteiger partial charge in [0.2, 0.25) is 0 Å². The molecule has 0 saturated carbocycles. The van der Waals surface area contributed by atoms with Gasteiger partial charge in [0, 0.05) is 11.3 Å². The van der Waals surface area contributed by atoms with Crippen LogP contribution < -0.4 is 5.73 Å². The summed E-state index contributed by atoms with van der Waals surface area (Å²) in [7, 11) is 0. The summed E-state index contributed by atoms with van der Waals surface area (Å²) in [6.07, 6.45) is 0. The van der Waals surface area contributed by atoms with Crippen molar-refractivity contribution in [2.24, 2.45) is 5.73 Å². The van der Waals surface area contributed by atoms with Crippen molar-refractivity contribution in [1.82, 2.24) is 9.97 Å². The first-order valence-electron chi connectivity index (χ1n) is 4.38. The minimum Gasteiger partial charge on any atom is -0.370 e. The highest BCUT2D eigenvalue weighted by Crippen LogP contribution is 2.21. The second-order valence-electron chi connectivity index (χ2n) is 3.37. The summed E-state index contributed by atoms with van der Waals surface area (Å²) in [5.41, 5.74) is 8.83. The molecule has 4 heteroatoms. The SMILES string of the molecule is Cc1nc(C(C)N)nc2c1COC2. The summed E-state index contributed by atoms with van der Waals surface area (Å²) < 4.78 is 5.29. The van der Waals surface area contributed by atoms with Crippen LogP contribution in [0.5, 0.6) is 0 Å². The van der Waals surface area contributed by atoms with Crippen LogP contribution in [0.2, 0.25) is 0 Å². The van der Waals surface area contributed by atoms with E-state index in [1.165, 1.54) is 0 Å². The molecule has 1 aliphatic heterocycles. The summed E-state index contributed by atoms with van der Waals surface area (Å²) >= 11 is 0. The molecular weight excluding hydrogens is 166 g/mol. The summed E-state index contributed by atoms with van der Waals surface area (Å²) in [5, 5.41) is 0. The third-order valence-corrected chi connectivity index (χ3v) is 2.21. The number of rotatable bonds is 1. The Morgan fingerprint density at radius 2 is 2.15 bits per heavy atom. The predicted molar refractivity (Wildman–Crippen MR) is 47.9 cm³/mol. The highest BCUT2D eigenvalue weighted by atomic mass is 16.5. The molecule has 1 unspecified atom stereocenters. The van der Waals surface area contributed by atoms with Crippen molar-refractivity contribution in [1.29, 1.82) is 0 Å². The van der Waals surface area contributed by atoms with Gasteiger partial charge < -0.3 is 10.5 Å². The van der Waals surface area contributed by atoms with E-state index in [9.17, 15) is 0 Å². The van der Waals surface area contributed by atoms with Crippen LogP contribution in [0.3, 0.4) is 0 Å². The minimum absolute atomic E-state index is 0.107. The normalized spacial score (nSPS) is 17.2. The van der Waals surface area contributed by atoms with Crippen molar-refractivity contribution in [3.63, 3.8) is 0 Å². The van der Waals surface area contributed by atoms with E-state index in [4.69, 9.17) is 10.5 Å². The van der Waals surface area contributed by atoms with E-state index >= 15 is 0 Å². The molecule has 1 aromatic rings. The van der Waals surface area contributed by atoms with Gasteiger partial charge >= 0.3 is 0 Å². The first kappa shape index (κ1) is 8.59. The molecule has 0 bridgehead atoms. The van der Waals surface area contributed by atoms with Crippen molar-refractivity contribution < 1.29 is 4.74 Å². The van der Waals surface area contributed by atoms with Crippen LogP contribution in [0.1, 0.15) is 35.7 Å². The van der Waals surface area contributed by atoms with Crippen LogP contribution >= 0.6 is 0 Å². The molecule has 0 aliphatic carbocycles. The first-order chi connectivity index (χ1) is 6.18. The van der Waals surface area contributed by atoms with Gasteiger partial charge in [-0.1, -0.05) is 0 Å². The number of aromatic nitrogens is 2. The molecule has 1 aliphatic rings. The van der Waals surface area contributed by atoms with Crippen LogP contribution in [0, 0.1) is 6.92 Å². The average molecular weight is 179 g/mol. The van der Waals surface area contributed by atoms with E-state index in [0.717, 1.165) is 17.0 Å². The van der Waals surface area contributed by atoms with E-state index in [1.54, 1.807) is 0 Å². The van der Waals surface area contributed by atoms with Gasteiger partial charge in [-0.05, 0) is 13.8 Å². The Morgan fingerprint density at radius 1 is 1.38 bits per heavy atom. The summed E-state index contributed by atoms with van der Waals surface area (Å²) in [5.74, 6) is 0.710. The molecule has 2 heterocycles. The standard InChI is InChI=1S/C9H13N3O/c1-5(10)9-11-6(2)7-3-13-4-8(7)12-9/h5H,3-4,10H2,1-2H3. The number of nitrogens with two attached hydrogens (primary N) is 1. The van der Waals surface area contributed by atoms with E-state index in [0.29, 0.717) is 19.0 Å². The van der Waals surface area contributed by atoms with E-state index in [-0.39, 0.29) is 6.04 Å². The maximum Gasteiger partial charge on any atom is 0.145 e. The molecule has 0 spiro atoms. The Labute approximate surface area is 77.1 Å². The fourth-order valence-corrected chi connectivity index (χ4v) is 1.44. The van der Waals surface area contributed by atoms with Gasteiger partial charge in [0.15, 0.2) is 0 Å². The lowest BCUT2D eigenvalue weighted by Crippen LogP contribution is -2.12. The molecule has 13 heavy (non-hydrogen) atoms. The summed E-state index contributed by atoms with van der Waals surface area (Å²) in [6, 6.07) is -0.107. The number of aryl methyl sites for hydroxylation is 1. The molecule has 0 aromatic carbocycles. The Morgan fingerprint density at radius 3 is 2.85 bits per heavy atom.